The Morgan fingerprint density at radius 3 is 1.45 bits per heavy atom. The first-order chi connectivity index (χ1) is 22.2. The Balaban J connectivity index is 0.000000303. The van der Waals surface area contributed by atoms with Gasteiger partial charge in [0.1, 0.15) is 11.4 Å². The fraction of sp³-hybridized carbons (Fsp3) is 0.286. The first kappa shape index (κ1) is 38.0. The van der Waals surface area contributed by atoms with Crippen molar-refractivity contribution in [1.29, 1.82) is 0 Å². The summed E-state index contributed by atoms with van der Waals surface area (Å²) in [6.07, 6.45) is 2.44. The Morgan fingerprint density at radius 2 is 1.09 bits per heavy atom. The van der Waals surface area contributed by atoms with Gasteiger partial charge in [0.25, 0.3) is 0 Å². The van der Waals surface area contributed by atoms with Crippen molar-refractivity contribution in [2.24, 2.45) is 8.80 Å². The van der Waals surface area contributed by atoms with E-state index in [4.69, 9.17) is 33.9 Å². The molecule has 0 saturated heterocycles. The van der Waals surface area contributed by atoms with E-state index >= 15 is 0 Å². The number of benzene rings is 2. The molecule has 2 aromatic carbocycles. The van der Waals surface area contributed by atoms with Gasteiger partial charge in [-0.3, -0.25) is 9.44 Å². The third-order valence-electron chi connectivity index (χ3n) is 5.56. The fourth-order valence-corrected chi connectivity index (χ4v) is 5.42. The van der Waals surface area contributed by atoms with Gasteiger partial charge in [-0.15, -0.1) is 8.80 Å². The summed E-state index contributed by atoms with van der Waals surface area (Å²) in [6, 6.07) is 9.42. The van der Waals surface area contributed by atoms with E-state index in [-0.39, 0.29) is 30.3 Å². The van der Waals surface area contributed by atoms with Gasteiger partial charge in [0.05, 0.1) is 46.5 Å². The number of carboxylic acids is 1. The van der Waals surface area contributed by atoms with E-state index in [1.165, 1.54) is 40.6 Å². The van der Waals surface area contributed by atoms with E-state index in [9.17, 15) is 26.4 Å². The minimum absolute atomic E-state index is 0.00731. The SMILES string of the molecule is CCO.CCOC(=O)C1=CC(c2ccc(OC)c(OC)c2)=NS(=O)(=O)N1.COc1ccc(C2=NS(=O)(=O)NC(C(=O)O)=C2)cc1OC. The molecular weight excluding hydrogens is 664 g/mol. The highest BCUT2D eigenvalue weighted by Gasteiger charge is 2.25. The molecule has 0 amide bonds. The number of carbonyl (C=O) groups excluding carboxylic acids is 1. The van der Waals surface area contributed by atoms with Crippen LogP contribution in [0.15, 0.2) is 68.7 Å². The van der Waals surface area contributed by atoms with E-state index < -0.39 is 38.1 Å². The normalized spacial score (nSPS) is 15.4. The number of aliphatic hydroxyl groups is 1. The van der Waals surface area contributed by atoms with Gasteiger partial charge < -0.3 is 33.9 Å². The zero-order valence-electron chi connectivity index (χ0n) is 26.1. The van der Waals surface area contributed by atoms with Gasteiger partial charge >= 0.3 is 32.4 Å². The number of hydrogen-bond acceptors (Lipinski definition) is 12. The quantitative estimate of drug-likeness (QED) is 0.269. The zero-order chi connectivity index (χ0) is 35.4. The van der Waals surface area contributed by atoms with Gasteiger partial charge in [-0.05, 0) is 62.4 Å². The second-order valence-corrected chi connectivity index (χ2v) is 11.4. The minimum Gasteiger partial charge on any atom is -0.493 e. The molecular formula is C28H34N4O13S2. The summed E-state index contributed by atoms with van der Waals surface area (Å²) < 4.78 is 83.1. The summed E-state index contributed by atoms with van der Waals surface area (Å²) in [5.41, 5.74) is 0.243. The van der Waals surface area contributed by atoms with Crippen molar-refractivity contribution >= 4 is 43.8 Å². The lowest BCUT2D eigenvalue weighted by atomic mass is 10.1. The van der Waals surface area contributed by atoms with E-state index in [1.807, 2.05) is 9.44 Å². The number of esters is 1. The lowest BCUT2D eigenvalue weighted by Gasteiger charge is -2.15. The van der Waals surface area contributed by atoms with E-state index in [0.29, 0.717) is 34.1 Å². The number of nitrogens with zero attached hydrogens (tertiary/aromatic N) is 2. The van der Waals surface area contributed by atoms with Crippen LogP contribution in [0.3, 0.4) is 0 Å². The number of carbonyl (C=O) groups is 2. The highest BCUT2D eigenvalue weighted by molar-refractivity contribution is 7.88. The van der Waals surface area contributed by atoms with Crippen LogP contribution in [0.4, 0.5) is 0 Å². The van der Waals surface area contributed by atoms with Gasteiger partial charge in [-0.25, -0.2) is 9.59 Å². The first-order valence-corrected chi connectivity index (χ1v) is 16.2. The maximum atomic E-state index is 11.8. The van der Waals surface area contributed by atoms with Crippen LogP contribution in [0.1, 0.15) is 25.0 Å². The van der Waals surface area contributed by atoms with Crippen molar-refractivity contribution in [3.63, 3.8) is 0 Å². The first-order valence-electron chi connectivity index (χ1n) is 13.3. The standard InChI is InChI=1S/C14H16N2O6S.C12H12N2O6S.C2H6O/c1-4-22-14(17)11-8-10(15-23(18,19)16-11)9-5-6-12(20-2)13(7-9)21-3;1-19-10-4-3-7(5-11(10)20-2)8-6-9(12(15)16)14-21(17,18)13-8;1-2-3/h5-8,16H,4H2,1-3H3;3-6,14H,1-2H3,(H,15,16);3H,2H2,1H3. The average molecular weight is 699 g/mol. The van der Waals surface area contributed by atoms with Crippen LogP contribution in [-0.2, 0) is 34.7 Å². The van der Waals surface area contributed by atoms with E-state index in [1.54, 1.807) is 44.2 Å². The molecule has 17 nitrogen and oxygen atoms in total. The van der Waals surface area contributed by atoms with Gasteiger partial charge in [-0.1, -0.05) is 0 Å². The van der Waals surface area contributed by atoms with Gasteiger partial charge in [0.15, 0.2) is 23.0 Å². The van der Waals surface area contributed by atoms with Crippen LogP contribution in [-0.4, -0.2) is 92.1 Å². The van der Waals surface area contributed by atoms with Crippen LogP contribution < -0.4 is 28.4 Å². The summed E-state index contributed by atoms with van der Waals surface area (Å²) in [7, 11) is -2.28. The molecule has 256 valence electrons. The van der Waals surface area contributed by atoms with Crippen LogP contribution in [0, 0.1) is 0 Å². The van der Waals surface area contributed by atoms with Gasteiger partial charge in [0, 0.05) is 17.7 Å². The molecule has 4 N–H and O–H groups in total. The summed E-state index contributed by atoms with van der Waals surface area (Å²) in [5.74, 6) is -0.437. The second-order valence-electron chi connectivity index (χ2n) is 8.70. The van der Waals surface area contributed by atoms with Crippen molar-refractivity contribution in [3.8, 4) is 23.0 Å². The number of carboxylic acid groups (broad SMARTS) is 1. The van der Waals surface area contributed by atoms with E-state index in [2.05, 4.69) is 8.80 Å². The number of ether oxygens (including phenoxy) is 5. The predicted octanol–water partition coefficient (Wildman–Crippen LogP) is 1.10. The molecule has 47 heavy (non-hydrogen) atoms. The molecule has 0 unspecified atom stereocenters. The lowest BCUT2D eigenvalue weighted by Crippen LogP contribution is -2.32. The number of hydrogen-bond donors (Lipinski definition) is 4. The molecule has 19 heteroatoms. The molecule has 0 bridgehead atoms. The summed E-state index contributed by atoms with van der Waals surface area (Å²) in [4.78, 5) is 22.7. The molecule has 2 aliphatic heterocycles. The summed E-state index contributed by atoms with van der Waals surface area (Å²) in [5, 5.41) is 16.5. The number of aliphatic hydroxyl groups excluding tert-OH is 1. The molecule has 2 aromatic rings. The Morgan fingerprint density at radius 1 is 0.702 bits per heavy atom. The third-order valence-corrected chi connectivity index (χ3v) is 7.39. The van der Waals surface area contributed by atoms with Crippen molar-refractivity contribution in [3.05, 3.63) is 71.1 Å². The largest absolute Gasteiger partial charge is 0.493 e. The monoisotopic (exact) mass is 698 g/mol. The van der Waals surface area contributed by atoms with Crippen molar-refractivity contribution in [1.82, 2.24) is 9.44 Å². The molecule has 0 aliphatic carbocycles. The highest BCUT2D eigenvalue weighted by Crippen LogP contribution is 2.30. The number of nitrogens with one attached hydrogen (secondary N) is 2. The summed E-state index contributed by atoms with van der Waals surface area (Å²) >= 11 is 0. The molecule has 4 rings (SSSR count). The predicted molar refractivity (Wildman–Crippen MR) is 169 cm³/mol. The van der Waals surface area contributed by atoms with Gasteiger partial charge in [-0.2, -0.15) is 16.8 Å². The number of aliphatic carboxylic acids is 1. The molecule has 0 fully saturated rings. The van der Waals surface area contributed by atoms with Crippen molar-refractivity contribution in [2.75, 3.05) is 41.7 Å². The number of allylic oxidation sites excluding steroid dienone is 2. The zero-order valence-corrected chi connectivity index (χ0v) is 27.8. The average Bonchev–Trinajstić information content (AvgIpc) is 3.03. The van der Waals surface area contributed by atoms with Crippen LogP contribution in [0.2, 0.25) is 0 Å². The number of rotatable bonds is 9. The van der Waals surface area contributed by atoms with Crippen molar-refractivity contribution in [2.45, 2.75) is 13.8 Å². The summed E-state index contributed by atoms with van der Waals surface area (Å²) in [6.45, 7) is 3.68. The molecule has 0 atom stereocenters. The second kappa shape index (κ2) is 17.0. The van der Waals surface area contributed by atoms with Gasteiger partial charge in [0.2, 0.25) is 0 Å². The van der Waals surface area contributed by atoms with Crippen molar-refractivity contribution < 1.29 is 60.3 Å². The fourth-order valence-electron chi connectivity index (χ4n) is 3.65. The van der Waals surface area contributed by atoms with Crippen LogP contribution in [0.5, 0.6) is 23.0 Å². The number of methoxy groups -OCH3 is 4. The maximum absolute atomic E-state index is 11.8. The minimum atomic E-state index is -4.09. The third kappa shape index (κ3) is 10.7. The molecule has 0 saturated carbocycles. The maximum Gasteiger partial charge on any atom is 0.355 e. The Kier molecular flexibility index (Phi) is 13.7. The molecule has 0 radical (unpaired) electrons. The highest BCUT2D eigenvalue weighted by atomic mass is 32.2. The Labute approximate surface area is 271 Å². The lowest BCUT2D eigenvalue weighted by molar-refractivity contribution is -0.138. The van der Waals surface area contributed by atoms with Crippen LogP contribution in [0.25, 0.3) is 0 Å². The Hall–Kier alpha value is -5.14. The molecule has 0 spiro atoms. The van der Waals surface area contributed by atoms with E-state index in [0.717, 1.165) is 6.08 Å². The smallest absolute Gasteiger partial charge is 0.355 e. The Bertz CT molecular complexity index is 1820. The van der Waals surface area contributed by atoms with Crippen LogP contribution >= 0.6 is 0 Å². The topological polar surface area (TPSA) is 238 Å². The molecule has 0 aromatic heterocycles. The molecule has 2 heterocycles. The molecule has 2 aliphatic rings.